The van der Waals surface area contributed by atoms with Crippen molar-refractivity contribution in [2.45, 2.75) is 5.16 Å². The number of phenols is 1. The Hall–Kier alpha value is -2.34. The van der Waals surface area contributed by atoms with Crippen LogP contribution in [0.1, 0.15) is 0 Å². The normalized spacial score (nSPS) is 10.7. The zero-order valence-corrected chi connectivity index (χ0v) is 18.1. The molecular weight excluding hydrogens is 509 g/mol. The first kappa shape index (κ1) is 21.4. The molecule has 0 unspecified atom stereocenters. The first-order chi connectivity index (χ1) is 13.7. The second-order valence-corrected chi connectivity index (χ2v) is 8.18. The summed E-state index contributed by atoms with van der Waals surface area (Å²) >= 11 is 16.3. The molecule has 0 aliphatic carbocycles. The number of H-pyrrole nitrogens is 1. The standard InChI is InChI=1S/C16H10BrCl2N5O4S/c17-7-1-2-12(25)9(3-7)15-21-16(23-22-15)29-6-13(26)20-14-10(18)4-8(24(27)28)5-11(14)19/h1-5,25H,6H2,(H,20,26)(H,21,22,23). The molecule has 1 heterocycles. The minimum Gasteiger partial charge on any atom is -0.507 e. The van der Waals surface area contributed by atoms with Gasteiger partial charge in [-0.1, -0.05) is 50.9 Å². The van der Waals surface area contributed by atoms with Crippen LogP contribution in [0, 0.1) is 10.1 Å². The van der Waals surface area contributed by atoms with Crippen LogP contribution in [0.15, 0.2) is 40.0 Å². The molecule has 13 heteroatoms. The lowest BCUT2D eigenvalue weighted by Gasteiger charge is -2.08. The van der Waals surface area contributed by atoms with Gasteiger partial charge in [0.2, 0.25) is 11.1 Å². The van der Waals surface area contributed by atoms with Crippen molar-refractivity contribution < 1.29 is 14.8 Å². The molecule has 0 saturated carbocycles. The van der Waals surface area contributed by atoms with Gasteiger partial charge in [-0.25, -0.2) is 4.98 Å². The first-order valence-electron chi connectivity index (χ1n) is 7.72. The second-order valence-electron chi connectivity index (χ2n) is 5.51. The predicted molar refractivity (Wildman–Crippen MR) is 114 cm³/mol. The van der Waals surface area contributed by atoms with Gasteiger partial charge in [-0.3, -0.25) is 20.0 Å². The molecule has 9 nitrogen and oxygen atoms in total. The Kier molecular flexibility index (Phi) is 6.63. The number of thioether (sulfide) groups is 1. The maximum Gasteiger partial charge on any atom is 0.272 e. The Balaban J connectivity index is 1.66. The van der Waals surface area contributed by atoms with Crippen molar-refractivity contribution in [2.75, 3.05) is 11.1 Å². The molecule has 3 N–H and O–H groups in total. The van der Waals surface area contributed by atoms with E-state index in [-0.39, 0.29) is 38.1 Å². The van der Waals surface area contributed by atoms with Crippen molar-refractivity contribution in [1.82, 2.24) is 15.2 Å². The summed E-state index contributed by atoms with van der Waals surface area (Å²) in [5.74, 6) is -0.149. The van der Waals surface area contributed by atoms with Crippen LogP contribution < -0.4 is 5.32 Å². The third-order valence-corrected chi connectivity index (χ3v) is 5.45. The van der Waals surface area contributed by atoms with Crippen molar-refractivity contribution >= 4 is 68.2 Å². The van der Waals surface area contributed by atoms with E-state index < -0.39 is 10.8 Å². The van der Waals surface area contributed by atoms with E-state index in [0.29, 0.717) is 11.4 Å². The summed E-state index contributed by atoms with van der Waals surface area (Å²) in [5.41, 5.74) is 0.253. The van der Waals surface area contributed by atoms with Gasteiger partial charge >= 0.3 is 0 Å². The number of nitrogens with one attached hydrogen (secondary N) is 2. The summed E-state index contributed by atoms with van der Waals surface area (Å²) < 4.78 is 0.757. The average molecular weight is 519 g/mol. The average Bonchev–Trinajstić information content (AvgIpc) is 3.13. The molecule has 0 atom stereocenters. The molecule has 0 saturated heterocycles. The second kappa shape index (κ2) is 8.99. The number of nitro groups is 1. The summed E-state index contributed by atoms with van der Waals surface area (Å²) in [4.78, 5) is 26.6. The van der Waals surface area contributed by atoms with Gasteiger partial charge in [-0.05, 0) is 18.2 Å². The highest BCUT2D eigenvalue weighted by Crippen LogP contribution is 2.35. The minimum atomic E-state index is -0.636. The molecular formula is C16H10BrCl2N5O4S. The number of carbonyl (C=O) groups is 1. The zero-order chi connectivity index (χ0) is 21.1. The number of aromatic amines is 1. The minimum absolute atomic E-state index is 0.0288. The highest BCUT2D eigenvalue weighted by Gasteiger charge is 2.17. The molecule has 0 fully saturated rings. The molecule has 3 rings (SSSR count). The fourth-order valence-electron chi connectivity index (χ4n) is 2.22. The number of rotatable bonds is 6. The number of hydrogen-bond acceptors (Lipinski definition) is 7. The summed E-state index contributed by atoms with van der Waals surface area (Å²) in [6, 6.07) is 7.07. The fraction of sp³-hybridized carbons (Fsp3) is 0.0625. The highest BCUT2D eigenvalue weighted by atomic mass is 79.9. The molecule has 1 amide bonds. The number of benzene rings is 2. The van der Waals surface area contributed by atoms with E-state index in [4.69, 9.17) is 23.2 Å². The van der Waals surface area contributed by atoms with Crippen LogP contribution in [0.3, 0.4) is 0 Å². The molecule has 0 bridgehead atoms. The van der Waals surface area contributed by atoms with E-state index in [9.17, 15) is 20.0 Å². The number of phenolic OH excluding ortho intramolecular Hbond substituents is 1. The fourth-order valence-corrected chi connectivity index (χ4v) is 3.75. The SMILES string of the molecule is O=C(CSc1n[nH]c(-c2cc(Br)ccc2O)n1)Nc1c(Cl)cc([N+](=O)[O-])cc1Cl. The Morgan fingerprint density at radius 3 is 2.66 bits per heavy atom. The lowest BCUT2D eigenvalue weighted by molar-refractivity contribution is -0.384. The van der Waals surface area contributed by atoms with Gasteiger partial charge in [0.25, 0.3) is 5.69 Å². The summed E-state index contributed by atoms with van der Waals surface area (Å²) in [5, 5.41) is 30.1. The molecule has 0 aliphatic rings. The van der Waals surface area contributed by atoms with E-state index in [1.165, 1.54) is 6.07 Å². The maximum absolute atomic E-state index is 12.2. The van der Waals surface area contributed by atoms with Gasteiger partial charge in [0.1, 0.15) is 5.75 Å². The van der Waals surface area contributed by atoms with Crippen molar-refractivity contribution in [3.63, 3.8) is 0 Å². The predicted octanol–water partition coefficient (Wildman–Crippen LogP) is 4.89. The largest absolute Gasteiger partial charge is 0.507 e. The number of halogens is 3. The van der Waals surface area contributed by atoms with E-state index >= 15 is 0 Å². The van der Waals surface area contributed by atoms with Gasteiger partial charge in [0, 0.05) is 16.6 Å². The number of non-ortho nitro benzene ring substituents is 1. The lowest BCUT2D eigenvalue weighted by atomic mass is 10.2. The van der Waals surface area contributed by atoms with Crippen LogP contribution in [0.5, 0.6) is 5.75 Å². The Morgan fingerprint density at radius 1 is 1.31 bits per heavy atom. The van der Waals surface area contributed by atoms with Gasteiger partial charge in [0.05, 0.1) is 32.0 Å². The van der Waals surface area contributed by atoms with Gasteiger partial charge < -0.3 is 10.4 Å². The number of hydrogen-bond donors (Lipinski definition) is 3. The maximum atomic E-state index is 12.2. The summed E-state index contributed by atoms with van der Waals surface area (Å²) in [6.07, 6.45) is 0. The van der Waals surface area contributed by atoms with Crippen molar-refractivity contribution in [3.05, 3.63) is 55.0 Å². The summed E-state index contributed by atoms with van der Waals surface area (Å²) in [6.45, 7) is 0. The Bertz CT molecular complexity index is 1090. The van der Waals surface area contributed by atoms with Gasteiger partial charge in [-0.2, -0.15) is 0 Å². The van der Waals surface area contributed by atoms with Crippen LogP contribution in [0.25, 0.3) is 11.4 Å². The first-order valence-corrected chi connectivity index (χ1v) is 10.3. The van der Waals surface area contributed by atoms with Gasteiger partial charge in [0.15, 0.2) is 5.82 Å². The number of anilines is 1. The zero-order valence-electron chi connectivity index (χ0n) is 14.1. The molecule has 29 heavy (non-hydrogen) atoms. The van der Waals surface area contributed by atoms with Crippen LogP contribution in [0.2, 0.25) is 10.0 Å². The molecule has 150 valence electrons. The number of aromatic hydroxyl groups is 1. The van der Waals surface area contributed by atoms with E-state index in [1.807, 2.05) is 0 Å². The van der Waals surface area contributed by atoms with Crippen molar-refractivity contribution in [1.29, 1.82) is 0 Å². The third-order valence-electron chi connectivity index (χ3n) is 3.51. The molecule has 0 aliphatic heterocycles. The van der Waals surface area contributed by atoms with Crippen LogP contribution >= 0.6 is 50.9 Å². The molecule has 1 aromatic heterocycles. The quantitative estimate of drug-likeness (QED) is 0.240. The Labute approximate surface area is 186 Å². The lowest BCUT2D eigenvalue weighted by Crippen LogP contribution is -2.15. The molecule has 2 aromatic carbocycles. The van der Waals surface area contributed by atoms with Crippen LogP contribution in [0.4, 0.5) is 11.4 Å². The van der Waals surface area contributed by atoms with Crippen molar-refractivity contribution in [3.8, 4) is 17.1 Å². The number of carbonyl (C=O) groups excluding carboxylic acids is 1. The highest BCUT2D eigenvalue weighted by molar-refractivity contribution is 9.10. The summed E-state index contributed by atoms with van der Waals surface area (Å²) in [7, 11) is 0. The van der Waals surface area contributed by atoms with Crippen molar-refractivity contribution in [2.24, 2.45) is 0 Å². The van der Waals surface area contributed by atoms with Crippen LogP contribution in [-0.2, 0) is 4.79 Å². The third kappa shape index (κ3) is 5.18. The monoisotopic (exact) mass is 517 g/mol. The van der Waals surface area contributed by atoms with Crippen LogP contribution in [-0.4, -0.2) is 36.9 Å². The van der Waals surface area contributed by atoms with E-state index in [2.05, 4.69) is 36.4 Å². The molecule has 3 aromatic rings. The number of aromatic nitrogens is 3. The Morgan fingerprint density at radius 2 is 2.00 bits per heavy atom. The number of amides is 1. The van der Waals surface area contributed by atoms with E-state index in [1.54, 1.807) is 12.1 Å². The molecule has 0 radical (unpaired) electrons. The van der Waals surface area contributed by atoms with E-state index in [0.717, 1.165) is 28.4 Å². The smallest absolute Gasteiger partial charge is 0.272 e. The number of nitro benzene ring substituents is 1. The number of nitrogens with zero attached hydrogens (tertiary/aromatic N) is 3. The molecule has 0 spiro atoms. The van der Waals surface area contributed by atoms with Gasteiger partial charge in [-0.15, -0.1) is 5.10 Å². The topological polar surface area (TPSA) is 134 Å².